The summed E-state index contributed by atoms with van der Waals surface area (Å²) in [6.07, 6.45) is -4.03. The van der Waals surface area contributed by atoms with Crippen molar-refractivity contribution >= 4 is 27.7 Å². The molecule has 0 N–H and O–H groups in total. The first kappa shape index (κ1) is 18.3. The molecule has 0 atom stereocenters. The number of likely N-dealkylation sites (tertiary alicyclic amines) is 1. The molecule has 2 saturated heterocycles. The van der Waals surface area contributed by atoms with E-state index in [4.69, 9.17) is 0 Å². The highest BCUT2D eigenvalue weighted by atomic mass is 79.9. The minimum atomic E-state index is -4.56. The summed E-state index contributed by atoms with van der Waals surface area (Å²) in [5, 5.41) is 0. The van der Waals surface area contributed by atoms with Crippen LogP contribution in [-0.4, -0.2) is 47.9 Å². The molecule has 0 bridgehead atoms. The Morgan fingerprint density at radius 1 is 1.24 bits per heavy atom. The van der Waals surface area contributed by atoms with Crippen LogP contribution < -0.4 is 4.90 Å². The van der Waals surface area contributed by atoms with Gasteiger partial charge in [0, 0.05) is 49.7 Å². The van der Waals surface area contributed by atoms with Crippen LogP contribution in [0.15, 0.2) is 16.7 Å². The third-order valence-corrected chi connectivity index (χ3v) is 4.91. The Bertz CT molecular complexity index is 666. The van der Waals surface area contributed by atoms with Crippen LogP contribution >= 0.6 is 15.9 Å². The van der Waals surface area contributed by atoms with Gasteiger partial charge in [0.15, 0.2) is 0 Å². The molecule has 2 aliphatic rings. The molecule has 1 aromatic rings. The fourth-order valence-electron chi connectivity index (χ4n) is 3.01. The Balaban J connectivity index is 1.64. The van der Waals surface area contributed by atoms with Gasteiger partial charge in [0.25, 0.3) is 5.92 Å². The van der Waals surface area contributed by atoms with E-state index in [-0.39, 0.29) is 55.2 Å². The molecular weight excluding hydrogens is 413 g/mol. The molecule has 138 valence electrons. The summed E-state index contributed by atoms with van der Waals surface area (Å²) in [6.45, 7) is 0.159. The normalized spacial score (nSPS) is 21.2. The number of piperidine rings is 1. The molecule has 4 nitrogen and oxygen atoms in total. The van der Waals surface area contributed by atoms with Crippen LogP contribution in [0, 0.1) is 5.92 Å². The van der Waals surface area contributed by atoms with Gasteiger partial charge in [-0.1, -0.05) is 0 Å². The van der Waals surface area contributed by atoms with Crippen LogP contribution in [0.4, 0.5) is 27.8 Å². The van der Waals surface area contributed by atoms with Gasteiger partial charge in [0.1, 0.15) is 5.82 Å². The van der Waals surface area contributed by atoms with E-state index < -0.39 is 23.6 Å². The first-order valence-corrected chi connectivity index (χ1v) is 8.50. The molecule has 1 aromatic heterocycles. The molecule has 2 fully saturated rings. The van der Waals surface area contributed by atoms with Gasteiger partial charge in [-0.2, -0.15) is 13.2 Å². The summed E-state index contributed by atoms with van der Waals surface area (Å²) in [5.74, 6) is -3.73. The van der Waals surface area contributed by atoms with Crippen molar-refractivity contribution in [3.63, 3.8) is 0 Å². The lowest BCUT2D eigenvalue weighted by molar-refractivity contribution is -0.142. The van der Waals surface area contributed by atoms with Crippen molar-refractivity contribution in [1.29, 1.82) is 0 Å². The number of amides is 1. The van der Waals surface area contributed by atoms with Gasteiger partial charge in [0.05, 0.1) is 11.5 Å². The third-order valence-electron chi connectivity index (χ3n) is 4.48. The fourth-order valence-corrected chi connectivity index (χ4v) is 3.34. The monoisotopic (exact) mass is 427 g/mol. The third kappa shape index (κ3) is 3.88. The van der Waals surface area contributed by atoms with Gasteiger partial charge in [-0.05, 0) is 22.0 Å². The van der Waals surface area contributed by atoms with Crippen molar-refractivity contribution in [2.45, 2.75) is 24.9 Å². The number of carbonyl (C=O) groups is 1. The van der Waals surface area contributed by atoms with Crippen molar-refractivity contribution in [2.75, 3.05) is 31.1 Å². The second-order valence-corrected chi connectivity index (χ2v) is 7.22. The van der Waals surface area contributed by atoms with Gasteiger partial charge in [-0.25, -0.2) is 13.8 Å². The van der Waals surface area contributed by atoms with Crippen molar-refractivity contribution in [1.82, 2.24) is 9.88 Å². The second kappa shape index (κ2) is 6.37. The Hall–Kier alpha value is -1.45. The number of hydrogen-bond acceptors (Lipinski definition) is 3. The number of rotatable bonds is 2. The largest absolute Gasteiger partial charge is 0.419 e. The van der Waals surface area contributed by atoms with Gasteiger partial charge in [0.2, 0.25) is 5.91 Å². The van der Waals surface area contributed by atoms with Crippen molar-refractivity contribution in [3.8, 4) is 0 Å². The molecule has 3 heterocycles. The fraction of sp³-hybridized carbons (Fsp3) is 0.600. The van der Waals surface area contributed by atoms with Crippen LogP contribution in [0.25, 0.3) is 0 Å². The van der Waals surface area contributed by atoms with E-state index in [9.17, 15) is 26.7 Å². The van der Waals surface area contributed by atoms with E-state index in [1.807, 2.05) is 0 Å². The van der Waals surface area contributed by atoms with Crippen LogP contribution in [0.5, 0.6) is 0 Å². The average molecular weight is 428 g/mol. The SMILES string of the molecule is O=C(C1CN(c2ncc(Br)cc2C(F)(F)F)C1)N1CCC(F)(F)CC1. The van der Waals surface area contributed by atoms with Gasteiger partial charge in [-0.3, -0.25) is 4.79 Å². The number of hydrogen-bond donors (Lipinski definition) is 0. The first-order valence-electron chi connectivity index (χ1n) is 7.71. The summed E-state index contributed by atoms with van der Waals surface area (Å²) >= 11 is 2.97. The molecule has 0 unspecified atom stereocenters. The number of pyridine rings is 1. The second-order valence-electron chi connectivity index (χ2n) is 6.31. The van der Waals surface area contributed by atoms with Gasteiger partial charge >= 0.3 is 6.18 Å². The molecule has 0 aromatic carbocycles. The molecule has 1 amide bonds. The van der Waals surface area contributed by atoms with E-state index in [0.717, 1.165) is 6.07 Å². The topological polar surface area (TPSA) is 36.4 Å². The Kier molecular flexibility index (Phi) is 4.67. The molecule has 0 spiro atoms. The number of aromatic nitrogens is 1. The van der Waals surface area contributed by atoms with Crippen LogP contribution in [0.1, 0.15) is 18.4 Å². The maximum atomic E-state index is 13.1. The summed E-state index contributed by atoms with van der Waals surface area (Å²) in [5.41, 5.74) is -0.870. The maximum Gasteiger partial charge on any atom is 0.419 e. The Labute approximate surface area is 149 Å². The molecule has 0 radical (unpaired) electrons. The minimum Gasteiger partial charge on any atom is -0.354 e. The highest BCUT2D eigenvalue weighted by Gasteiger charge is 2.43. The zero-order valence-electron chi connectivity index (χ0n) is 13.0. The Morgan fingerprint density at radius 2 is 1.84 bits per heavy atom. The quantitative estimate of drug-likeness (QED) is 0.677. The number of nitrogens with zero attached hydrogens (tertiary/aromatic N) is 3. The maximum absolute atomic E-state index is 13.1. The van der Waals surface area contributed by atoms with Gasteiger partial charge < -0.3 is 9.80 Å². The average Bonchev–Trinajstić information content (AvgIpc) is 2.46. The molecule has 2 aliphatic heterocycles. The molecule has 0 saturated carbocycles. The van der Waals surface area contributed by atoms with E-state index in [1.54, 1.807) is 0 Å². The van der Waals surface area contributed by atoms with Gasteiger partial charge in [-0.15, -0.1) is 0 Å². The minimum absolute atomic E-state index is 0.0212. The predicted molar refractivity (Wildman–Crippen MR) is 83.4 cm³/mol. The van der Waals surface area contributed by atoms with E-state index in [2.05, 4.69) is 20.9 Å². The highest BCUT2D eigenvalue weighted by Crippen LogP contribution is 2.39. The van der Waals surface area contributed by atoms with E-state index >= 15 is 0 Å². The lowest BCUT2D eigenvalue weighted by atomic mass is 9.96. The number of anilines is 1. The summed E-state index contributed by atoms with van der Waals surface area (Å²) in [6, 6.07) is 0.949. The lowest BCUT2D eigenvalue weighted by Gasteiger charge is -2.43. The Morgan fingerprint density at radius 3 is 2.40 bits per heavy atom. The molecule has 25 heavy (non-hydrogen) atoms. The smallest absolute Gasteiger partial charge is 0.354 e. The predicted octanol–water partition coefficient (Wildman–Crippen LogP) is 3.56. The number of carbonyl (C=O) groups excluding carboxylic acids is 1. The van der Waals surface area contributed by atoms with Crippen molar-refractivity contribution in [3.05, 3.63) is 22.3 Å². The standard InChI is InChI=1S/C15H15BrF5N3O/c16-10-5-11(15(19,20)21)12(22-6-10)24-7-9(8-24)13(25)23-3-1-14(17,18)2-4-23/h5-6,9H,1-4,7-8H2. The highest BCUT2D eigenvalue weighted by molar-refractivity contribution is 9.10. The van der Waals surface area contributed by atoms with Crippen molar-refractivity contribution in [2.24, 2.45) is 5.92 Å². The van der Waals surface area contributed by atoms with Crippen LogP contribution in [0.3, 0.4) is 0 Å². The van der Waals surface area contributed by atoms with Crippen LogP contribution in [0.2, 0.25) is 0 Å². The number of alkyl halides is 5. The van der Waals surface area contributed by atoms with E-state index in [1.165, 1.54) is 16.0 Å². The zero-order valence-corrected chi connectivity index (χ0v) is 14.6. The zero-order chi connectivity index (χ0) is 18.4. The summed E-state index contributed by atoms with van der Waals surface area (Å²) in [4.78, 5) is 18.9. The molecule has 10 heteroatoms. The summed E-state index contributed by atoms with van der Waals surface area (Å²) in [7, 11) is 0. The molecule has 3 rings (SSSR count). The van der Waals surface area contributed by atoms with E-state index in [0.29, 0.717) is 0 Å². The lowest BCUT2D eigenvalue weighted by Crippen LogP contribution is -2.57. The molecule has 0 aliphatic carbocycles. The number of halogens is 6. The summed E-state index contributed by atoms with van der Waals surface area (Å²) < 4.78 is 65.9. The van der Waals surface area contributed by atoms with Crippen molar-refractivity contribution < 1.29 is 26.7 Å². The first-order chi connectivity index (χ1) is 11.6. The molecular formula is C15H15BrF5N3O. The van der Waals surface area contributed by atoms with Crippen LogP contribution in [-0.2, 0) is 11.0 Å².